The molecule has 1 fully saturated rings. The quantitative estimate of drug-likeness (QED) is 0.494. The fourth-order valence-corrected chi connectivity index (χ4v) is 4.80. The van der Waals surface area contributed by atoms with Gasteiger partial charge in [-0.2, -0.15) is 0 Å². The molecular formula is C15H24N4O2S. The molecule has 0 bridgehead atoms. The average Bonchev–Trinajstić information content (AvgIpc) is 2.37. The maximum Gasteiger partial charge on any atom is 0.241 e. The van der Waals surface area contributed by atoms with Crippen molar-refractivity contribution in [1.29, 1.82) is 5.41 Å². The first-order valence-corrected chi connectivity index (χ1v) is 8.81. The van der Waals surface area contributed by atoms with E-state index in [0.29, 0.717) is 30.5 Å². The monoisotopic (exact) mass is 324 g/mol. The summed E-state index contributed by atoms with van der Waals surface area (Å²) in [6, 6.07) is 4.56. The van der Waals surface area contributed by atoms with Crippen LogP contribution in [-0.2, 0) is 10.0 Å². The van der Waals surface area contributed by atoms with Gasteiger partial charge in [-0.1, -0.05) is 0 Å². The van der Waals surface area contributed by atoms with E-state index >= 15 is 0 Å². The van der Waals surface area contributed by atoms with E-state index in [-0.39, 0.29) is 16.9 Å². The fourth-order valence-electron chi connectivity index (χ4n) is 3.13. The zero-order chi connectivity index (χ0) is 16.5. The highest BCUT2D eigenvalue weighted by molar-refractivity contribution is 7.89. The zero-order valence-electron chi connectivity index (χ0n) is 13.0. The molecular weight excluding hydrogens is 300 g/mol. The SMILES string of the molecule is Cc1cc(N)ccc1S(=O)(=O)N[C@]1(C)CCC(C=N)C(N)C1. The number of nitrogens with one attached hydrogen (secondary N) is 2. The van der Waals surface area contributed by atoms with Crippen LogP contribution in [-0.4, -0.2) is 26.2 Å². The Morgan fingerprint density at radius 1 is 1.45 bits per heavy atom. The van der Waals surface area contributed by atoms with E-state index in [1.807, 2.05) is 6.92 Å². The third-order valence-electron chi connectivity index (χ3n) is 4.35. The standard InChI is InChI=1S/C15H24N4O2S/c1-10-7-12(17)3-4-14(10)22(20,21)19-15(2)6-5-11(9-16)13(18)8-15/h3-4,7,9,11,13,16,19H,5-6,8,17-18H2,1-2H3/t11?,13?,15-/m1/s1. The van der Waals surface area contributed by atoms with Gasteiger partial charge in [0.1, 0.15) is 0 Å². The van der Waals surface area contributed by atoms with Crippen molar-refractivity contribution in [2.45, 2.75) is 49.6 Å². The lowest BCUT2D eigenvalue weighted by atomic mass is 9.76. The summed E-state index contributed by atoms with van der Waals surface area (Å²) in [5.41, 5.74) is 12.3. The summed E-state index contributed by atoms with van der Waals surface area (Å²) in [4.78, 5) is 0.241. The number of hydrogen-bond acceptors (Lipinski definition) is 5. The predicted octanol–water partition coefficient (Wildman–Crippen LogP) is 1.39. The van der Waals surface area contributed by atoms with Crippen LogP contribution in [0.25, 0.3) is 0 Å². The van der Waals surface area contributed by atoms with Crippen molar-refractivity contribution in [2.75, 3.05) is 5.73 Å². The highest BCUT2D eigenvalue weighted by atomic mass is 32.2. The summed E-state index contributed by atoms with van der Waals surface area (Å²) in [5, 5.41) is 7.36. The molecule has 122 valence electrons. The van der Waals surface area contributed by atoms with Gasteiger partial charge in [0.05, 0.1) is 4.90 Å². The Morgan fingerprint density at radius 3 is 2.68 bits per heavy atom. The zero-order valence-corrected chi connectivity index (χ0v) is 13.8. The third-order valence-corrected chi connectivity index (χ3v) is 6.15. The fraction of sp³-hybridized carbons (Fsp3) is 0.533. The van der Waals surface area contributed by atoms with E-state index < -0.39 is 15.6 Å². The molecule has 2 rings (SSSR count). The van der Waals surface area contributed by atoms with Crippen LogP contribution in [0.4, 0.5) is 5.69 Å². The van der Waals surface area contributed by atoms with Crippen LogP contribution in [0.2, 0.25) is 0 Å². The molecule has 6 nitrogen and oxygen atoms in total. The minimum Gasteiger partial charge on any atom is -0.399 e. The summed E-state index contributed by atoms with van der Waals surface area (Å²) in [6.45, 7) is 3.60. The molecule has 6 N–H and O–H groups in total. The van der Waals surface area contributed by atoms with Gasteiger partial charge in [-0.3, -0.25) is 0 Å². The molecule has 1 aliphatic carbocycles. The molecule has 0 spiro atoms. The smallest absolute Gasteiger partial charge is 0.241 e. The molecule has 22 heavy (non-hydrogen) atoms. The lowest BCUT2D eigenvalue weighted by Crippen LogP contribution is -2.54. The van der Waals surface area contributed by atoms with Gasteiger partial charge in [-0.05, 0) is 63.1 Å². The lowest BCUT2D eigenvalue weighted by molar-refractivity contribution is 0.240. The van der Waals surface area contributed by atoms with Crippen LogP contribution < -0.4 is 16.2 Å². The Kier molecular flexibility index (Phi) is 4.60. The molecule has 0 aliphatic heterocycles. The Balaban J connectivity index is 2.23. The number of anilines is 1. The number of nitrogens with two attached hydrogens (primary N) is 2. The Bertz CT molecular complexity index is 674. The van der Waals surface area contributed by atoms with Gasteiger partial charge in [-0.25, -0.2) is 13.1 Å². The number of rotatable bonds is 4. The number of nitrogen functional groups attached to an aromatic ring is 1. The second-order valence-corrected chi connectivity index (χ2v) is 8.08. The van der Waals surface area contributed by atoms with Crippen LogP contribution >= 0.6 is 0 Å². The summed E-state index contributed by atoms with van der Waals surface area (Å²) in [5.74, 6) is 0.0239. The van der Waals surface area contributed by atoms with Gasteiger partial charge in [0.25, 0.3) is 0 Å². The van der Waals surface area contributed by atoms with E-state index in [9.17, 15) is 8.42 Å². The Morgan fingerprint density at radius 2 is 2.14 bits per heavy atom. The van der Waals surface area contributed by atoms with Gasteiger partial charge in [-0.15, -0.1) is 0 Å². The van der Waals surface area contributed by atoms with E-state index in [2.05, 4.69) is 4.72 Å². The highest BCUT2D eigenvalue weighted by Gasteiger charge is 2.38. The number of aryl methyl sites for hydroxylation is 1. The molecule has 1 aliphatic rings. The van der Waals surface area contributed by atoms with Crippen molar-refractivity contribution in [1.82, 2.24) is 4.72 Å². The first-order chi connectivity index (χ1) is 10.2. The van der Waals surface area contributed by atoms with Crippen molar-refractivity contribution >= 4 is 21.9 Å². The molecule has 1 saturated carbocycles. The number of hydrogen-bond donors (Lipinski definition) is 4. The molecule has 7 heteroatoms. The molecule has 0 radical (unpaired) electrons. The predicted molar refractivity (Wildman–Crippen MR) is 88.4 cm³/mol. The summed E-state index contributed by atoms with van der Waals surface area (Å²) in [6.07, 6.45) is 3.25. The minimum atomic E-state index is -3.63. The molecule has 0 heterocycles. The van der Waals surface area contributed by atoms with Crippen LogP contribution in [0.15, 0.2) is 23.1 Å². The normalized spacial score (nSPS) is 29.2. The maximum absolute atomic E-state index is 12.7. The third kappa shape index (κ3) is 3.48. The van der Waals surface area contributed by atoms with Gasteiger partial charge in [0, 0.05) is 23.2 Å². The Labute approximate surface area is 131 Å². The number of benzene rings is 1. The summed E-state index contributed by atoms with van der Waals surface area (Å²) in [7, 11) is -3.63. The van der Waals surface area contributed by atoms with E-state index in [4.69, 9.17) is 16.9 Å². The molecule has 3 atom stereocenters. The topological polar surface area (TPSA) is 122 Å². The average molecular weight is 324 g/mol. The maximum atomic E-state index is 12.7. The molecule has 1 aromatic carbocycles. The number of sulfonamides is 1. The van der Waals surface area contributed by atoms with Crippen LogP contribution in [0.3, 0.4) is 0 Å². The first kappa shape index (κ1) is 16.9. The minimum absolute atomic E-state index is 0.0239. The van der Waals surface area contributed by atoms with Gasteiger partial charge >= 0.3 is 0 Å². The van der Waals surface area contributed by atoms with Crippen molar-refractivity contribution in [3.05, 3.63) is 23.8 Å². The second kappa shape index (κ2) is 5.98. The lowest BCUT2D eigenvalue weighted by Gasteiger charge is -2.40. The van der Waals surface area contributed by atoms with E-state index in [1.54, 1.807) is 19.1 Å². The van der Waals surface area contributed by atoms with E-state index in [1.165, 1.54) is 12.3 Å². The van der Waals surface area contributed by atoms with Crippen LogP contribution in [0.5, 0.6) is 0 Å². The van der Waals surface area contributed by atoms with Gasteiger partial charge in [0.2, 0.25) is 10.0 Å². The molecule has 0 saturated heterocycles. The molecule has 0 amide bonds. The highest BCUT2D eigenvalue weighted by Crippen LogP contribution is 2.32. The van der Waals surface area contributed by atoms with Crippen LogP contribution in [0, 0.1) is 18.3 Å². The largest absolute Gasteiger partial charge is 0.399 e. The van der Waals surface area contributed by atoms with Crippen molar-refractivity contribution in [3.8, 4) is 0 Å². The second-order valence-electron chi connectivity index (χ2n) is 6.43. The Hall–Kier alpha value is -1.44. The van der Waals surface area contributed by atoms with Crippen LogP contribution in [0.1, 0.15) is 31.7 Å². The van der Waals surface area contributed by atoms with E-state index in [0.717, 1.165) is 0 Å². The first-order valence-electron chi connectivity index (χ1n) is 7.33. The molecule has 2 unspecified atom stereocenters. The van der Waals surface area contributed by atoms with Gasteiger partial charge < -0.3 is 16.9 Å². The van der Waals surface area contributed by atoms with Crippen molar-refractivity contribution in [2.24, 2.45) is 11.7 Å². The molecule has 1 aromatic rings. The van der Waals surface area contributed by atoms with Crippen molar-refractivity contribution in [3.63, 3.8) is 0 Å². The molecule has 0 aromatic heterocycles. The van der Waals surface area contributed by atoms with Crippen molar-refractivity contribution < 1.29 is 8.42 Å². The van der Waals surface area contributed by atoms with Gasteiger partial charge in [0.15, 0.2) is 0 Å². The summed E-state index contributed by atoms with van der Waals surface area (Å²) < 4.78 is 28.1. The summed E-state index contributed by atoms with van der Waals surface area (Å²) >= 11 is 0.